The van der Waals surface area contributed by atoms with E-state index in [1.165, 1.54) is 6.07 Å². The molecule has 1 N–H and O–H groups in total. The Balaban J connectivity index is 1.87. The third-order valence-corrected chi connectivity index (χ3v) is 5.59. The highest BCUT2D eigenvalue weighted by Gasteiger charge is 2.48. The van der Waals surface area contributed by atoms with Crippen LogP contribution in [0.15, 0.2) is 24.3 Å². The van der Waals surface area contributed by atoms with Crippen LogP contribution in [0, 0.1) is 0 Å². The second kappa shape index (κ2) is 6.55. The summed E-state index contributed by atoms with van der Waals surface area (Å²) in [6.45, 7) is 0.758. The van der Waals surface area contributed by atoms with Crippen LogP contribution in [0.3, 0.4) is 0 Å². The first-order valence-electron chi connectivity index (χ1n) is 9.03. The monoisotopic (exact) mass is 421 g/mol. The Kier molecular flexibility index (Phi) is 4.60. The smallest absolute Gasteiger partial charge is 0.385 e. The van der Waals surface area contributed by atoms with Crippen molar-refractivity contribution in [3.63, 3.8) is 0 Å². The molecule has 2 aromatic rings. The minimum atomic E-state index is -4.97. The van der Waals surface area contributed by atoms with Gasteiger partial charge in [-0.15, -0.1) is 0 Å². The van der Waals surface area contributed by atoms with Gasteiger partial charge in [-0.1, -0.05) is 12.1 Å². The summed E-state index contributed by atoms with van der Waals surface area (Å²) in [4.78, 5) is 3.26. The van der Waals surface area contributed by atoms with Crippen molar-refractivity contribution in [3.05, 3.63) is 41.1 Å². The molecule has 1 aliphatic heterocycles. The van der Waals surface area contributed by atoms with Crippen molar-refractivity contribution >= 4 is 10.9 Å². The Morgan fingerprint density at radius 3 is 2.07 bits per heavy atom. The number of para-hydroxylation sites is 1. The lowest BCUT2D eigenvalue weighted by molar-refractivity contribution is -0.204. The minimum absolute atomic E-state index is 0.0142. The second-order valence-corrected chi connectivity index (χ2v) is 7.39. The topological polar surface area (TPSA) is 51.6 Å². The lowest BCUT2D eigenvalue weighted by Crippen LogP contribution is -2.42. The van der Waals surface area contributed by atoms with Gasteiger partial charge in [0.15, 0.2) is 5.79 Å². The molecule has 1 aliphatic carbocycles. The summed E-state index contributed by atoms with van der Waals surface area (Å²) < 4.78 is 91.5. The first-order chi connectivity index (χ1) is 13.4. The maximum atomic E-state index is 13.4. The predicted molar refractivity (Wildman–Crippen MR) is 88.7 cm³/mol. The van der Waals surface area contributed by atoms with E-state index in [-0.39, 0.29) is 36.6 Å². The van der Waals surface area contributed by atoms with Gasteiger partial charge in [0.1, 0.15) is 5.69 Å². The molecule has 4 rings (SSSR count). The Morgan fingerprint density at radius 1 is 0.897 bits per heavy atom. The summed E-state index contributed by atoms with van der Waals surface area (Å²) in [5.41, 5.74) is -5.55. The van der Waals surface area contributed by atoms with Crippen LogP contribution in [0.4, 0.5) is 26.3 Å². The molecule has 1 aromatic carbocycles. The molecule has 4 nitrogen and oxygen atoms in total. The van der Waals surface area contributed by atoms with E-state index in [4.69, 9.17) is 9.47 Å². The Hall–Kier alpha value is -1.91. The van der Waals surface area contributed by atoms with E-state index in [0.717, 1.165) is 6.07 Å². The molecule has 2 aliphatic rings. The van der Waals surface area contributed by atoms with E-state index < -0.39 is 40.5 Å². The summed E-state index contributed by atoms with van der Waals surface area (Å²) in [5.74, 6) is -0.890. The first kappa shape index (κ1) is 20.4. The Bertz CT molecular complexity index is 924. The minimum Gasteiger partial charge on any atom is -0.385 e. The number of nitrogens with zero attached hydrogens (tertiary/aromatic N) is 1. The van der Waals surface area contributed by atoms with Gasteiger partial charge in [0, 0.05) is 18.2 Å². The fourth-order valence-corrected chi connectivity index (χ4v) is 4.11. The number of rotatable bonds is 1. The van der Waals surface area contributed by atoms with E-state index in [1.807, 2.05) is 0 Å². The van der Waals surface area contributed by atoms with Gasteiger partial charge in [-0.25, -0.2) is 4.98 Å². The summed E-state index contributed by atoms with van der Waals surface area (Å²) in [6.07, 6.45) is -9.45. The van der Waals surface area contributed by atoms with Crippen molar-refractivity contribution in [2.24, 2.45) is 0 Å². The molecule has 158 valence electrons. The molecule has 0 radical (unpaired) electrons. The summed E-state index contributed by atoms with van der Waals surface area (Å²) >= 11 is 0. The van der Waals surface area contributed by atoms with Crippen LogP contribution in [0.2, 0.25) is 0 Å². The van der Waals surface area contributed by atoms with E-state index in [2.05, 4.69) is 4.98 Å². The maximum Gasteiger partial charge on any atom is 0.433 e. The summed E-state index contributed by atoms with van der Waals surface area (Å²) in [5, 5.41) is 11.0. The third-order valence-electron chi connectivity index (χ3n) is 5.59. The molecule has 1 aromatic heterocycles. The number of alkyl halides is 6. The molecule has 2 fully saturated rings. The average molecular weight is 421 g/mol. The van der Waals surface area contributed by atoms with E-state index in [9.17, 15) is 31.4 Å². The van der Waals surface area contributed by atoms with Crippen molar-refractivity contribution in [3.8, 4) is 0 Å². The standard InChI is InChI=1S/C19H17F6NO3/c20-18(21,22)12-3-1-2-11-13(10-14(19(23,24)25)26-15(11)12)16(27)4-6-17(7-5-16)28-8-9-29-17/h1-3,10,27H,4-9H2. The van der Waals surface area contributed by atoms with E-state index in [1.54, 1.807) is 0 Å². The SMILES string of the molecule is OC1(c2cc(C(F)(F)F)nc3c(C(F)(F)F)cccc23)CCC2(CC1)OCCO2. The first-order valence-corrected chi connectivity index (χ1v) is 9.03. The van der Waals surface area contributed by atoms with Gasteiger partial charge in [-0.3, -0.25) is 0 Å². The Labute approximate surface area is 161 Å². The van der Waals surface area contributed by atoms with Gasteiger partial charge in [0.2, 0.25) is 0 Å². The van der Waals surface area contributed by atoms with Gasteiger partial charge in [0.25, 0.3) is 0 Å². The van der Waals surface area contributed by atoms with E-state index in [0.29, 0.717) is 25.3 Å². The Morgan fingerprint density at radius 2 is 1.52 bits per heavy atom. The lowest BCUT2D eigenvalue weighted by atomic mass is 9.75. The molecule has 10 heteroatoms. The van der Waals surface area contributed by atoms with Gasteiger partial charge in [-0.2, -0.15) is 26.3 Å². The summed E-state index contributed by atoms with van der Waals surface area (Å²) in [6, 6.07) is 3.68. The average Bonchev–Trinajstić information content (AvgIpc) is 3.10. The van der Waals surface area contributed by atoms with Crippen LogP contribution in [0.1, 0.15) is 42.5 Å². The van der Waals surface area contributed by atoms with Crippen molar-refractivity contribution in [2.75, 3.05) is 13.2 Å². The highest BCUT2D eigenvalue weighted by molar-refractivity contribution is 5.86. The number of aromatic nitrogens is 1. The largest absolute Gasteiger partial charge is 0.433 e. The lowest BCUT2D eigenvalue weighted by Gasteiger charge is -2.41. The summed E-state index contributed by atoms with van der Waals surface area (Å²) in [7, 11) is 0. The number of fused-ring (bicyclic) bond motifs is 1. The number of pyridine rings is 1. The van der Waals surface area contributed by atoms with Crippen molar-refractivity contribution in [2.45, 2.75) is 49.4 Å². The number of halogens is 6. The van der Waals surface area contributed by atoms with Crippen LogP contribution in [0.25, 0.3) is 10.9 Å². The van der Waals surface area contributed by atoms with Gasteiger partial charge in [-0.05, 0) is 30.5 Å². The van der Waals surface area contributed by atoms with Crippen LogP contribution in [-0.2, 0) is 27.4 Å². The van der Waals surface area contributed by atoms with Gasteiger partial charge >= 0.3 is 12.4 Å². The van der Waals surface area contributed by atoms with Crippen LogP contribution < -0.4 is 0 Å². The number of aliphatic hydroxyl groups is 1. The molecule has 2 heterocycles. The molecular formula is C19H17F6NO3. The zero-order valence-electron chi connectivity index (χ0n) is 15.0. The highest BCUT2D eigenvalue weighted by Crippen LogP contribution is 2.48. The fourth-order valence-electron chi connectivity index (χ4n) is 4.11. The predicted octanol–water partition coefficient (Wildman–Crippen LogP) is 4.78. The quantitative estimate of drug-likeness (QED) is 0.674. The molecule has 0 unspecified atom stereocenters. The zero-order chi connectivity index (χ0) is 21.1. The molecular weight excluding hydrogens is 404 g/mol. The molecule has 1 saturated heterocycles. The number of ether oxygens (including phenoxy) is 2. The van der Waals surface area contributed by atoms with Crippen LogP contribution in [0.5, 0.6) is 0 Å². The molecule has 0 bridgehead atoms. The number of hydrogen-bond acceptors (Lipinski definition) is 4. The molecule has 1 spiro atoms. The van der Waals surface area contributed by atoms with Crippen molar-refractivity contribution in [1.82, 2.24) is 4.98 Å². The van der Waals surface area contributed by atoms with Crippen molar-refractivity contribution < 1.29 is 40.9 Å². The van der Waals surface area contributed by atoms with E-state index >= 15 is 0 Å². The highest BCUT2D eigenvalue weighted by atomic mass is 19.4. The van der Waals surface area contributed by atoms with Crippen LogP contribution >= 0.6 is 0 Å². The van der Waals surface area contributed by atoms with Crippen LogP contribution in [-0.4, -0.2) is 29.1 Å². The molecule has 1 saturated carbocycles. The fraction of sp³-hybridized carbons (Fsp3) is 0.526. The number of hydrogen-bond donors (Lipinski definition) is 1. The number of benzene rings is 1. The molecule has 0 atom stereocenters. The van der Waals surface area contributed by atoms with Crippen molar-refractivity contribution in [1.29, 1.82) is 0 Å². The molecule has 0 amide bonds. The molecule has 29 heavy (non-hydrogen) atoms. The maximum absolute atomic E-state index is 13.4. The van der Waals surface area contributed by atoms with Gasteiger partial charge in [0.05, 0.1) is 29.9 Å². The van der Waals surface area contributed by atoms with Gasteiger partial charge < -0.3 is 14.6 Å². The normalized spacial score (nSPS) is 21.8. The third kappa shape index (κ3) is 3.57. The zero-order valence-corrected chi connectivity index (χ0v) is 15.0. The second-order valence-electron chi connectivity index (χ2n) is 7.39.